The van der Waals surface area contributed by atoms with E-state index in [9.17, 15) is 8.42 Å². The van der Waals surface area contributed by atoms with Crippen LogP contribution in [0, 0.1) is 18.3 Å². The van der Waals surface area contributed by atoms with Gasteiger partial charge in [0.15, 0.2) is 0 Å². The van der Waals surface area contributed by atoms with Gasteiger partial charge in [0.2, 0.25) is 10.0 Å². The second-order valence-corrected chi connectivity index (χ2v) is 6.03. The lowest BCUT2D eigenvalue weighted by atomic mass is 10.2. The van der Waals surface area contributed by atoms with Crippen molar-refractivity contribution in [2.24, 2.45) is 0 Å². The van der Waals surface area contributed by atoms with Gasteiger partial charge in [-0.2, -0.15) is 5.26 Å². The van der Waals surface area contributed by atoms with E-state index in [4.69, 9.17) is 5.26 Å². The van der Waals surface area contributed by atoms with Crippen molar-refractivity contribution >= 4 is 10.0 Å². The van der Waals surface area contributed by atoms with E-state index in [-0.39, 0.29) is 11.4 Å². The second kappa shape index (κ2) is 5.82. The number of aromatic nitrogens is 1. The Labute approximate surface area is 118 Å². The Morgan fingerprint density at radius 3 is 2.85 bits per heavy atom. The van der Waals surface area contributed by atoms with E-state index < -0.39 is 10.0 Å². The molecule has 0 aliphatic heterocycles. The van der Waals surface area contributed by atoms with E-state index in [0.29, 0.717) is 5.56 Å². The normalized spacial score (nSPS) is 11.0. The maximum absolute atomic E-state index is 12.1. The monoisotopic (exact) mass is 287 g/mol. The molecule has 6 heteroatoms. The van der Waals surface area contributed by atoms with Crippen molar-refractivity contribution in [1.29, 1.82) is 5.26 Å². The first-order valence-electron chi connectivity index (χ1n) is 5.92. The lowest BCUT2D eigenvalue weighted by molar-refractivity contribution is 0.581. The number of sulfonamides is 1. The SMILES string of the molecule is Cc1ccncc1CNS(=O)(=O)c1cccc(C#N)c1. The molecule has 0 aliphatic rings. The van der Waals surface area contributed by atoms with Crippen LogP contribution in [0.4, 0.5) is 0 Å². The van der Waals surface area contributed by atoms with Gasteiger partial charge < -0.3 is 0 Å². The molecule has 0 aliphatic carbocycles. The predicted molar refractivity (Wildman–Crippen MR) is 74.2 cm³/mol. The number of benzene rings is 1. The van der Waals surface area contributed by atoms with E-state index in [1.165, 1.54) is 12.1 Å². The van der Waals surface area contributed by atoms with Crippen LogP contribution < -0.4 is 4.72 Å². The minimum atomic E-state index is -3.64. The number of rotatable bonds is 4. The molecule has 0 unspecified atom stereocenters. The van der Waals surface area contributed by atoms with Crippen LogP contribution in [0.5, 0.6) is 0 Å². The summed E-state index contributed by atoms with van der Waals surface area (Å²) < 4.78 is 26.8. The average molecular weight is 287 g/mol. The highest BCUT2D eigenvalue weighted by atomic mass is 32.2. The van der Waals surface area contributed by atoms with Gasteiger partial charge in [-0.25, -0.2) is 13.1 Å². The summed E-state index contributed by atoms with van der Waals surface area (Å²) in [6.07, 6.45) is 3.28. The van der Waals surface area contributed by atoms with Crippen molar-refractivity contribution in [3.63, 3.8) is 0 Å². The van der Waals surface area contributed by atoms with Crippen molar-refractivity contribution < 1.29 is 8.42 Å². The number of nitrogens with one attached hydrogen (secondary N) is 1. The largest absolute Gasteiger partial charge is 0.264 e. The molecule has 2 aromatic rings. The number of hydrogen-bond donors (Lipinski definition) is 1. The second-order valence-electron chi connectivity index (χ2n) is 4.27. The lowest BCUT2D eigenvalue weighted by Crippen LogP contribution is -2.23. The third kappa shape index (κ3) is 3.20. The van der Waals surface area contributed by atoms with Crippen molar-refractivity contribution in [1.82, 2.24) is 9.71 Å². The first-order chi connectivity index (χ1) is 9.53. The minimum Gasteiger partial charge on any atom is -0.264 e. The molecule has 0 spiro atoms. The smallest absolute Gasteiger partial charge is 0.240 e. The van der Waals surface area contributed by atoms with E-state index >= 15 is 0 Å². The highest BCUT2D eigenvalue weighted by Crippen LogP contribution is 2.12. The number of nitrogens with zero attached hydrogens (tertiary/aromatic N) is 2. The van der Waals surface area contributed by atoms with Crippen LogP contribution in [0.1, 0.15) is 16.7 Å². The summed E-state index contributed by atoms with van der Waals surface area (Å²) in [6, 6.07) is 9.65. The zero-order valence-corrected chi connectivity index (χ0v) is 11.7. The number of nitriles is 1. The maximum atomic E-state index is 12.1. The lowest BCUT2D eigenvalue weighted by Gasteiger charge is -2.08. The van der Waals surface area contributed by atoms with Gasteiger partial charge in [-0.1, -0.05) is 6.07 Å². The zero-order chi connectivity index (χ0) is 14.6. The van der Waals surface area contributed by atoms with Crippen LogP contribution in [0.15, 0.2) is 47.6 Å². The van der Waals surface area contributed by atoms with Gasteiger partial charge in [0.1, 0.15) is 0 Å². The Hall–Kier alpha value is -2.23. The number of aryl methyl sites for hydroxylation is 1. The van der Waals surface area contributed by atoms with E-state index in [2.05, 4.69) is 9.71 Å². The molecule has 1 aromatic carbocycles. The van der Waals surface area contributed by atoms with Crippen molar-refractivity contribution in [3.8, 4) is 6.07 Å². The van der Waals surface area contributed by atoms with E-state index in [0.717, 1.165) is 11.1 Å². The summed E-state index contributed by atoms with van der Waals surface area (Å²) in [4.78, 5) is 4.05. The van der Waals surface area contributed by atoms with Crippen molar-refractivity contribution in [2.75, 3.05) is 0 Å². The first-order valence-corrected chi connectivity index (χ1v) is 7.40. The van der Waals surface area contributed by atoms with Gasteiger partial charge >= 0.3 is 0 Å². The Kier molecular flexibility index (Phi) is 4.13. The van der Waals surface area contributed by atoms with Crippen LogP contribution >= 0.6 is 0 Å². The molecule has 0 radical (unpaired) electrons. The van der Waals surface area contributed by atoms with Crippen molar-refractivity contribution in [2.45, 2.75) is 18.4 Å². The van der Waals surface area contributed by atoms with Gasteiger partial charge in [-0.15, -0.1) is 0 Å². The molecule has 0 bridgehead atoms. The van der Waals surface area contributed by atoms with Gasteiger partial charge in [-0.05, 0) is 42.3 Å². The number of pyridine rings is 1. The first kappa shape index (κ1) is 14.2. The van der Waals surface area contributed by atoms with Gasteiger partial charge in [0.05, 0.1) is 16.5 Å². The van der Waals surface area contributed by atoms with Gasteiger partial charge in [0.25, 0.3) is 0 Å². The summed E-state index contributed by atoms with van der Waals surface area (Å²) in [5, 5.41) is 8.80. The Bertz CT molecular complexity index is 764. The molecule has 1 aromatic heterocycles. The quantitative estimate of drug-likeness (QED) is 0.928. The molecule has 102 valence electrons. The van der Waals surface area contributed by atoms with E-state index in [1.807, 2.05) is 19.1 Å². The molecule has 2 rings (SSSR count). The molecule has 0 saturated carbocycles. The summed E-state index contributed by atoms with van der Waals surface area (Å²) in [7, 11) is -3.64. The highest BCUT2D eigenvalue weighted by Gasteiger charge is 2.14. The summed E-state index contributed by atoms with van der Waals surface area (Å²) in [5.74, 6) is 0. The van der Waals surface area contributed by atoms with Gasteiger partial charge in [0, 0.05) is 18.9 Å². The Balaban J connectivity index is 2.20. The molecular weight excluding hydrogens is 274 g/mol. The fourth-order valence-electron chi connectivity index (χ4n) is 1.67. The third-order valence-electron chi connectivity index (χ3n) is 2.87. The molecule has 5 nitrogen and oxygen atoms in total. The van der Waals surface area contributed by atoms with Gasteiger partial charge in [-0.3, -0.25) is 4.98 Å². The molecule has 1 N–H and O–H groups in total. The molecule has 0 saturated heterocycles. The van der Waals surface area contributed by atoms with Crippen LogP contribution in [-0.2, 0) is 16.6 Å². The van der Waals surface area contributed by atoms with Crippen LogP contribution in [-0.4, -0.2) is 13.4 Å². The molecular formula is C14H13N3O2S. The third-order valence-corrected chi connectivity index (χ3v) is 4.27. The Morgan fingerprint density at radius 1 is 1.35 bits per heavy atom. The average Bonchev–Trinajstić information content (AvgIpc) is 2.46. The predicted octanol–water partition coefficient (Wildman–Crippen LogP) is 1.74. The fourth-order valence-corrected chi connectivity index (χ4v) is 2.72. The molecule has 20 heavy (non-hydrogen) atoms. The number of hydrogen-bond acceptors (Lipinski definition) is 4. The van der Waals surface area contributed by atoms with E-state index in [1.54, 1.807) is 24.5 Å². The summed E-state index contributed by atoms with van der Waals surface area (Å²) in [6.45, 7) is 2.06. The molecule has 0 fully saturated rings. The molecule has 0 atom stereocenters. The van der Waals surface area contributed by atoms with Crippen molar-refractivity contribution in [3.05, 3.63) is 59.4 Å². The fraction of sp³-hybridized carbons (Fsp3) is 0.143. The Morgan fingerprint density at radius 2 is 2.15 bits per heavy atom. The van der Waals surface area contributed by atoms with Crippen LogP contribution in [0.2, 0.25) is 0 Å². The van der Waals surface area contributed by atoms with Crippen LogP contribution in [0.25, 0.3) is 0 Å². The molecule has 0 amide bonds. The summed E-state index contributed by atoms with van der Waals surface area (Å²) >= 11 is 0. The minimum absolute atomic E-state index is 0.0816. The van der Waals surface area contributed by atoms with Crippen LogP contribution in [0.3, 0.4) is 0 Å². The highest BCUT2D eigenvalue weighted by molar-refractivity contribution is 7.89. The standard InChI is InChI=1S/C14H13N3O2S/c1-11-5-6-16-9-13(11)10-17-20(18,19)14-4-2-3-12(7-14)8-15/h2-7,9,17H,10H2,1H3. The topological polar surface area (TPSA) is 82.8 Å². The maximum Gasteiger partial charge on any atom is 0.240 e. The summed E-state index contributed by atoms with van der Waals surface area (Å²) in [5.41, 5.74) is 2.09. The molecule has 1 heterocycles. The zero-order valence-electron chi connectivity index (χ0n) is 10.9.